The van der Waals surface area contributed by atoms with Crippen LogP contribution in [0.3, 0.4) is 0 Å². The highest BCUT2D eigenvalue weighted by molar-refractivity contribution is 5.77. The van der Waals surface area contributed by atoms with Crippen LogP contribution in [0.4, 0.5) is 8.78 Å². The van der Waals surface area contributed by atoms with E-state index < -0.39 is 11.6 Å². The van der Waals surface area contributed by atoms with E-state index in [4.69, 9.17) is 0 Å². The normalized spacial score (nSPS) is 10.0. The van der Waals surface area contributed by atoms with Crippen molar-refractivity contribution < 1.29 is 13.6 Å². The van der Waals surface area contributed by atoms with Crippen LogP contribution in [-0.4, -0.2) is 19.0 Å². The van der Waals surface area contributed by atoms with E-state index in [9.17, 15) is 13.6 Å². The minimum atomic E-state index is -0.536. The maximum absolute atomic E-state index is 13.2. The molecular weight excluding hydrogens is 226 g/mol. The molecule has 1 amide bonds. The molecule has 1 rings (SSSR count). The van der Waals surface area contributed by atoms with Gasteiger partial charge < -0.3 is 10.6 Å². The van der Waals surface area contributed by atoms with Crippen LogP contribution in [0, 0.1) is 11.6 Å². The van der Waals surface area contributed by atoms with Crippen LogP contribution in [0.15, 0.2) is 30.9 Å². The average molecular weight is 240 g/mol. The number of amides is 1. The smallest absolute Gasteiger partial charge is 0.234 e. The maximum Gasteiger partial charge on any atom is 0.234 e. The predicted octanol–water partition coefficient (Wildman–Crippen LogP) is 1.36. The Balaban J connectivity index is 2.41. The van der Waals surface area contributed by atoms with Crippen molar-refractivity contribution in [2.24, 2.45) is 0 Å². The highest BCUT2D eigenvalue weighted by Crippen LogP contribution is 2.08. The van der Waals surface area contributed by atoms with Crippen molar-refractivity contribution in [1.82, 2.24) is 10.6 Å². The van der Waals surface area contributed by atoms with Crippen LogP contribution in [-0.2, 0) is 11.3 Å². The number of carbonyl (C=O) groups is 1. The summed E-state index contributed by atoms with van der Waals surface area (Å²) in [5, 5.41) is 5.28. The molecule has 0 aliphatic carbocycles. The lowest BCUT2D eigenvalue weighted by Gasteiger charge is -2.06. The van der Waals surface area contributed by atoms with E-state index in [0.29, 0.717) is 6.54 Å². The third-order valence-corrected chi connectivity index (χ3v) is 2.06. The summed E-state index contributed by atoms with van der Waals surface area (Å²) in [5.41, 5.74) is 0.127. The fourth-order valence-electron chi connectivity index (χ4n) is 1.22. The lowest BCUT2D eigenvalue weighted by molar-refractivity contribution is -0.120. The summed E-state index contributed by atoms with van der Waals surface area (Å²) < 4.78 is 26.0. The minimum absolute atomic E-state index is 0.0296. The summed E-state index contributed by atoms with van der Waals surface area (Å²) in [6.07, 6.45) is 1.62. The van der Waals surface area contributed by atoms with E-state index in [0.717, 1.165) is 18.2 Å². The summed E-state index contributed by atoms with van der Waals surface area (Å²) in [6, 6.07) is 3.13. The van der Waals surface area contributed by atoms with Gasteiger partial charge in [-0.15, -0.1) is 6.58 Å². The lowest BCUT2D eigenvalue weighted by Crippen LogP contribution is -2.33. The van der Waals surface area contributed by atoms with Gasteiger partial charge in [0, 0.05) is 18.7 Å². The molecule has 2 N–H and O–H groups in total. The van der Waals surface area contributed by atoms with Crippen molar-refractivity contribution >= 4 is 5.91 Å². The molecule has 5 heteroatoms. The molecule has 92 valence electrons. The number of benzene rings is 1. The molecule has 0 aliphatic heterocycles. The molecule has 17 heavy (non-hydrogen) atoms. The highest BCUT2D eigenvalue weighted by Gasteiger charge is 2.05. The van der Waals surface area contributed by atoms with Crippen molar-refractivity contribution in [3.05, 3.63) is 48.1 Å². The molecular formula is C12H14F2N2O. The van der Waals surface area contributed by atoms with Crippen molar-refractivity contribution in [3.63, 3.8) is 0 Å². The average Bonchev–Trinajstić information content (AvgIpc) is 2.31. The zero-order valence-corrected chi connectivity index (χ0v) is 9.30. The van der Waals surface area contributed by atoms with Gasteiger partial charge in [0.25, 0.3) is 0 Å². The maximum atomic E-state index is 13.2. The first-order chi connectivity index (χ1) is 8.13. The first-order valence-corrected chi connectivity index (χ1v) is 5.15. The molecule has 0 aromatic heterocycles. The van der Waals surface area contributed by atoms with Crippen molar-refractivity contribution in [2.45, 2.75) is 6.54 Å². The third kappa shape index (κ3) is 4.74. The van der Waals surface area contributed by atoms with Crippen LogP contribution >= 0.6 is 0 Å². The zero-order chi connectivity index (χ0) is 12.7. The molecule has 3 nitrogen and oxygen atoms in total. The molecule has 0 bridgehead atoms. The molecule has 1 aromatic rings. The number of hydrogen-bond donors (Lipinski definition) is 2. The standard InChI is InChI=1S/C12H14F2N2O/c1-2-5-15-8-12(17)16-7-9-6-10(13)3-4-11(9)14/h2-4,6,15H,1,5,7-8H2,(H,16,17). The molecule has 0 heterocycles. The molecule has 0 aliphatic rings. The number of hydrogen-bond acceptors (Lipinski definition) is 2. The van der Waals surface area contributed by atoms with Crippen LogP contribution in [0.5, 0.6) is 0 Å². The van der Waals surface area contributed by atoms with Crippen LogP contribution in [0.1, 0.15) is 5.56 Å². The van der Waals surface area contributed by atoms with E-state index in [2.05, 4.69) is 17.2 Å². The first-order valence-electron chi connectivity index (χ1n) is 5.15. The van der Waals surface area contributed by atoms with Crippen molar-refractivity contribution in [1.29, 1.82) is 0 Å². The molecule has 0 saturated heterocycles. The Bertz CT molecular complexity index is 407. The summed E-state index contributed by atoms with van der Waals surface area (Å²) in [7, 11) is 0. The monoisotopic (exact) mass is 240 g/mol. The van der Waals surface area contributed by atoms with Crippen LogP contribution in [0.2, 0.25) is 0 Å². The number of halogens is 2. The fraction of sp³-hybridized carbons (Fsp3) is 0.250. The van der Waals surface area contributed by atoms with Gasteiger partial charge in [0.15, 0.2) is 0 Å². The Hall–Kier alpha value is -1.75. The Morgan fingerprint density at radius 1 is 1.41 bits per heavy atom. The van der Waals surface area contributed by atoms with Gasteiger partial charge in [-0.3, -0.25) is 4.79 Å². The second-order valence-corrected chi connectivity index (χ2v) is 3.43. The number of carbonyl (C=O) groups excluding carboxylic acids is 1. The Labute approximate surface area is 98.5 Å². The van der Waals surface area contributed by atoms with E-state index in [1.807, 2.05) is 0 Å². The van der Waals surface area contributed by atoms with Gasteiger partial charge in [0.1, 0.15) is 11.6 Å². The largest absolute Gasteiger partial charge is 0.351 e. The zero-order valence-electron chi connectivity index (χ0n) is 9.30. The number of nitrogens with one attached hydrogen (secondary N) is 2. The van der Waals surface area contributed by atoms with Gasteiger partial charge in [-0.25, -0.2) is 8.78 Å². The fourth-order valence-corrected chi connectivity index (χ4v) is 1.22. The second-order valence-electron chi connectivity index (χ2n) is 3.43. The van der Waals surface area contributed by atoms with E-state index in [-0.39, 0.29) is 24.6 Å². The molecule has 0 spiro atoms. The van der Waals surface area contributed by atoms with Gasteiger partial charge in [-0.2, -0.15) is 0 Å². The molecule has 0 unspecified atom stereocenters. The van der Waals surface area contributed by atoms with Gasteiger partial charge in [0.05, 0.1) is 6.54 Å². The third-order valence-electron chi connectivity index (χ3n) is 2.06. The lowest BCUT2D eigenvalue weighted by atomic mass is 10.2. The summed E-state index contributed by atoms with van der Waals surface area (Å²) >= 11 is 0. The molecule has 1 aromatic carbocycles. The summed E-state index contributed by atoms with van der Waals surface area (Å²) in [4.78, 5) is 11.3. The topological polar surface area (TPSA) is 41.1 Å². The predicted molar refractivity (Wildman–Crippen MR) is 61.3 cm³/mol. The van der Waals surface area contributed by atoms with Gasteiger partial charge in [0.2, 0.25) is 5.91 Å². The van der Waals surface area contributed by atoms with Crippen LogP contribution < -0.4 is 10.6 Å². The molecule has 0 saturated carbocycles. The van der Waals surface area contributed by atoms with Gasteiger partial charge >= 0.3 is 0 Å². The summed E-state index contributed by atoms with van der Waals surface area (Å²) in [6.45, 7) is 4.09. The molecule has 0 fully saturated rings. The van der Waals surface area contributed by atoms with Crippen LogP contribution in [0.25, 0.3) is 0 Å². The van der Waals surface area contributed by atoms with Gasteiger partial charge in [-0.1, -0.05) is 6.08 Å². The highest BCUT2D eigenvalue weighted by atomic mass is 19.1. The SMILES string of the molecule is C=CCNCC(=O)NCc1cc(F)ccc1F. The summed E-state index contributed by atoms with van der Waals surface area (Å²) in [5.74, 6) is -1.35. The van der Waals surface area contributed by atoms with Gasteiger partial charge in [-0.05, 0) is 18.2 Å². The number of rotatable bonds is 6. The minimum Gasteiger partial charge on any atom is -0.351 e. The van der Waals surface area contributed by atoms with Crippen molar-refractivity contribution in [3.8, 4) is 0 Å². The van der Waals surface area contributed by atoms with E-state index in [1.54, 1.807) is 6.08 Å². The van der Waals surface area contributed by atoms with Crippen molar-refractivity contribution in [2.75, 3.05) is 13.1 Å². The Morgan fingerprint density at radius 2 is 2.18 bits per heavy atom. The second kappa shape index (κ2) is 6.75. The van der Waals surface area contributed by atoms with E-state index in [1.165, 1.54) is 0 Å². The first kappa shape index (κ1) is 13.3. The Morgan fingerprint density at radius 3 is 2.88 bits per heavy atom. The Kier molecular flexibility index (Phi) is 5.29. The van der Waals surface area contributed by atoms with E-state index >= 15 is 0 Å². The molecule has 0 atom stereocenters. The quantitative estimate of drug-likeness (QED) is 0.582. The molecule has 0 radical (unpaired) electrons.